The first kappa shape index (κ1) is 43.0. The van der Waals surface area contributed by atoms with Crippen LogP contribution in [-0.4, -0.2) is 120 Å². The molecule has 5 N–H and O–H groups in total. The number of aromatic nitrogens is 4. The van der Waals surface area contributed by atoms with E-state index in [-0.39, 0.29) is 5.78 Å². The number of Topliss-reactive ketones (excluding diaryl/α,β-unsaturated/α-hetero) is 1. The van der Waals surface area contributed by atoms with Gasteiger partial charge in [0.2, 0.25) is 0 Å². The molecule has 0 unspecified atom stereocenters. The van der Waals surface area contributed by atoms with Gasteiger partial charge >= 0.3 is 0 Å². The molecule has 9 rings (SSSR count). The number of nitrogens with two attached hydrogens (primary N) is 1. The van der Waals surface area contributed by atoms with E-state index in [2.05, 4.69) is 46.7 Å². The largest absolute Gasteiger partial charge is 0.379 e. The number of piperazine rings is 1. The van der Waals surface area contributed by atoms with Crippen LogP contribution >= 0.6 is 22.7 Å². The second-order valence-electron chi connectivity index (χ2n) is 15.1. The summed E-state index contributed by atoms with van der Waals surface area (Å²) >= 11 is 3.05. The van der Waals surface area contributed by atoms with E-state index in [0.717, 1.165) is 141 Å². The van der Waals surface area contributed by atoms with Crippen molar-refractivity contribution in [2.24, 2.45) is 5.73 Å². The number of ether oxygens (including phenoxy) is 2. The van der Waals surface area contributed by atoms with Crippen molar-refractivity contribution in [3.8, 4) is 20.9 Å². The van der Waals surface area contributed by atoms with Crippen LogP contribution in [0.1, 0.15) is 39.0 Å². The molecule has 0 aliphatic carbocycles. The van der Waals surface area contributed by atoms with Crippen molar-refractivity contribution in [1.82, 2.24) is 35.1 Å². The predicted octanol–water partition coefficient (Wildman–Crippen LogP) is 6.27. The number of anilines is 5. The monoisotopic (exact) mass is 873 g/mol. The maximum Gasteiger partial charge on any atom is 0.251 e. The fourth-order valence-electron chi connectivity index (χ4n) is 7.34. The average Bonchev–Trinajstić information content (AvgIpc) is 3.93. The SMILES string of the molecule is CC(=O)c1cc(-c2ccncc2)sc1Nc1cccc(CN2CCOCC2)n1.NC(=O)c1cc(-c2ccnc(N3CCNCC3)c2)sc1Nc1cccc(CN2CCOCC2)n1. The third kappa shape index (κ3) is 11.4. The Morgan fingerprint density at radius 3 is 1.79 bits per heavy atom. The number of hydrogen-bond acceptors (Lipinski definition) is 16. The summed E-state index contributed by atoms with van der Waals surface area (Å²) in [4.78, 5) is 51.4. The molecule has 0 radical (unpaired) electrons. The minimum atomic E-state index is -0.467. The second-order valence-corrected chi connectivity index (χ2v) is 17.2. The zero-order valence-electron chi connectivity index (χ0n) is 34.7. The second kappa shape index (κ2) is 20.9. The molecule has 3 aliphatic rings. The summed E-state index contributed by atoms with van der Waals surface area (Å²) in [7, 11) is 0. The van der Waals surface area contributed by atoms with Crippen LogP contribution in [0.25, 0.3) is 20.9 Å². The van der Waals surface area contributed by atoms with E-state index in [4.69, 9.17) is 25.2 Å². The first-order valence-corrected chi connectivity index (χ1v) is 22.4. The van der Waals surface area contributed by atoms with E-state index in [1.54, 1.807) is 30.7 Å². The highest BCUT2D eigenvalue weighted by Crippen LogP contribution is 2.39. The van der Waals surface area contributed by atoms with Gasteiger partial charge in [0.05, 0.1) is 48.9 Å². The van der Waals surface area contributed by atoms with Crippen LogP contribution in [0.2, 0.25) is 0 Å². The minimum absolute atomic E-state index is 0.0310. The van der Waals surface area contributed by atoms with E-state index < -0.39 is 5.91 Å². The van der Waals surface area contributed by atoms with Crippen LogP contribution in [0, 0.1) is 0 Å². The fourth-order valence-corrected chi connectivity index (χ4v) is 9.52. The number of amides is 1. The maximum absolute atomic E-state index is 12.2. The van der Waals surface area contributed by atoms with E-state index in [0.29, 0.717) is 21.9 Å². The molecule has 17 heteroatoms. The normalized spacial score (nSPS) is 16.0. The standard InChI is InChI=1S/C24H29N7O2S.C21H22N4O2S/c25-23(32)19-15-20(17-4-5-27-22(14-17)31-8-6-26-7-9-31)34-24(19)29-21-3-1-2-18(28-21)16-30-10-12-33-13-11-30;1-15(26)18-13-19(16-5-7-22-8-6-16)28-21(18)24-20-4-2-3-17(23-20)14-25-9-11-27-12-10-25/h1-5,14-15,26H,6-13,16H2,(H2,25,32)(H,28,29);2-8,13H,9-12,14H2,1H3,(H,23,24). The van der Waals surface area contributed by atoms with Gasteiger partial charge in [0, 0.05) is 93.8 Å². The van der Waals surface area contributed by atoms with E-state index >= 15 is 0 Å². The van der Waals surface area contributed by atoms with Crippen LogP contribution in [0.4, 0.5) is 27.5 Å². The highest BCUT2D eigenvalue weighted by molar-refractivity contribution is 7.20. The van der Waals surface area contributed by atoms with Gasteiger partial charge in [-0.25, -0.2) is 15.0 Å². The number of nitrogens with zero attached hydrogens (tertiary/aromatic N) is 7. The molecule has 0 aromatic carbocycles. The number of hydrogen-bond donors (Lipinski definition) is 4. The number of ketones is 1. The zero-order valence-corrected chi connectivity index (χ0v) is 36.4. The summed E-state index contributed by atoms with van der Waals surface area (Å²) in [5.41, 5.74) is 10.9. The van der Waals surface area contributed by atoms with Crippen LogP contribution in [0.5, 0.6) is 0 Å². The van der Waals surface area contributed by atoms with E-state index in [9.17, 15) is 9.59 Å². The Bertz CT molecular complexity index is 2430. The molecule has 0 saturated carbocycles. The van der Waals surface area contributed by atoms with Crippen LogP contribution in [0.15, 0.2) is 91.4 Å². The number of carbonyl (C=O) groups is 2. The summed E-state index contributed by atoms with van der Waals surface area (Å²) in [6, 6.07) is 23.6. The molecule has 6 aromatic rings. The zero-order chi connectivity index (χ0) is 42.7. The topological polar surface area (TPSA) is 176 Å². The molecule has 3 fully saturated rings. The lowest BCUT2D eigenvalue weighted by Crippen LogP contribution is -2.43. The summed E-state index contributed by atoms with van der Waals surface area (Å²) < 4.78 is 10.8. The van der Waals surface area contributed by atoms with Gasteiger partial charge in [0.25, 0.3) is 5.91 Å². The van der Waals surface area contributed by atoms with E-state index in [1.807, 2.05) is 72.9 Å². The molecular formula is C45H51N11O4S2. The van der Waals surface area contributed by atoms with Gasteiger partial charge in [0.15, 0.2) is 5.78 Å². The van der Waals surface area contributed by atoms with Crippen LogP contribution < -0.4 is 26.6 Å². The van der Waals surface area contributed by atoms with Crippen molar-refractivity contribution in [3.05, 3.63) is 114 Å². The summed E-state index contributed by atoms with van der Waals surface area (Å²) in [5.74, 6) is 1.95. The number of rotatable bonds is 13. The smallest absolute Gasteiger partial charge is 0.251 e. The molecule has 62 heavy (non-hydrogen) atoms. The molecule has 322 valence electrons. The predicted molar refractivity (Wildman–Crippen MR) is 246 cm³/mol. The average molecular weight is 874 g/mol. The summed E-state index contributed by atoms with van der Waals surface area (Å²) in [5, 5.41) is 11.5. The van der Waals surface area contributed by atoms with Crippen molar-refractivity contribution in [3.63, 3.8) is 0 Å². The lowest BCUT2D eigenvalue weighted by molar-refractivity contribution is 0.0336. The van der Waals surface area contributed by atoms with Gasteiger partial charge in [-0.1, -0.05) is 12.1 Å². The Hall–Kier alpha value is -5.66. The Balaban J connectivity index is 0.000000174. The van der Waals surface area contributed by atoms with Crippen molar-refractivity contribution in [1.29, 1.82) is 0 Å². The number of thiophene rings is 2. The van der Waals surface area contributed by atoms with Crippen LogP contribution in [0.3, 0.4) is 0 Å². The highest BCUT2D eigenvalue weighted by atomic mass is 32.1. The van der Waals surface area contributed by atoms with Crippen LogP contribution in [-0.2, 0) is 22.6 Å². The first-order valence-electron chi connectivity index (χ1n) is 20.8. The third-order valence-electron chi connectivity index (χ3n) is 10.6. The molecule has 0 atom stereocenters. The molecule has 9 heterocycles. The van der Waals surface area contributed by atoms with Crippen molar-refractivity contribution >= 4 is 61.8 Å². The number of carbonyl (C=O) groups excluding carboxylic acids is 2. The number of nitrogens with one attached hydrogen (secondary N) is 3. The first-order chi connectivity index (χ1) is 30.3. The molecule has 0 spiro atoms. The lowest BCUT2D eigenvalue weighted by Gasteiger charge is -2.28. The van der Waals surface area contributed by atoms with Gasteiger partial charge in [-0.2, -0.15) is 0 Å². The lowest BCUT2D eigenvalue weighted by atomic mass is 10.1. The van der Waals surface area contributed by atoms with Gasteiger partial charge in [-0.15, -0.1) is 22.7 Å². The highest BCUT2D eigenvalue weighted by Gasteiger charge is 2.20. The number of primary amides is 1. The van der Waals surface area contributed by atoms with Crippen molar-refractivity contribution < 1.29 is 19.1 Å². The fraction of sp³-hybridized carbons (Fsp3) is 0.333. The molecule has 0 bridgehead atoms. The Labute approximate surface area is 369 Å². The molecule has 1 amide bonds. The molecule has 15 nitrogen and oxygen atoms in total. The Kier molecular flexibility index (Phi) is 14.5. The van der Waals surface area contributed by atoms with Gasteiger partial charge in [-0.3, -0.25) is 24.4 Å². The maximum atomic E-state index is 12.2. The summed E-state index contributed by atoms with van der Waals surface area (Å²) in [6.07, 6.45) is 5.33. The van der Waals surface area contributed by atoms with Gasteiger partial charge < -0.3 is 36.1 Å². The van der Waals surface area contributed by atoms with E-state index in [1.165, 1.54) is 11.3 Å². The quantitative estimate of drug-likeness (QED) is 0.0956. The van der Waals surface area contributed by atoms with Gasteiger partial charge in [-0.05, 0) is 78.7 Å². The minimum Gasteiger partial charge on any atom is -0.379 e. The Morgan fingerprint density at radius 1 is 0.694 bits per heavy atom. The Morgan fingerprint density at radius 2 is 1.23 bits per heavy atom. The molecule has 6 aromatic heterocycles. The summed E-state index contributed by atoms with van der Waals surface area (Å²) in [6.45, 7) is 13.6. The van der Waals surface area contributed by atoms with Crippen molar-refractivity contribution in [2.75, 3.05) is 94.3 Å². The molecule has 3 aliphatic heterocycles. The molecule has 3 saturated heterocycles. The molecular weight excluding hydrogens is 823 g/mol. The number of pyridine rings is 4. The number of morpholine rings is 2. The van der Waals surface area contributed by atoms with Gasteiger partial charge in [0.1, 0.15) is 27.5 Å². The van der Waals surface area contributed by atoms with Crippen molar-refractivity contribution in [2.45, 2.75) is 20.0 Å². The third-order valence-corrected chi connectivity index (χ3v) is 12.8.